The van der Waals surface area contributed by atoms with E-state index in [9.17, 15) is 14.0 Å². The molecule has 0 aromatic heterocycles. The third-order valence-corrected chi connectivity index (χ3v) is 3.59. The fourth-order valence-corrected chi connectivity index (χ4v) is 2.52. The van der Waals surface area contributed by atoms with Gasteiger partial charge in [0.2, 0.25) is 0 Å². The molecule has 0 aliphatic heterocycles. The highest BCUT2D eigenvalue weighted by atomic mass is 19.1. The maximum atomic E-state index is 13.0. The predicted molar refractivity (Wildman–Crippen MR) is 72.1 cm³/mol. The maximum absolute atomic E-state index is 13.0. The normalized spacial score (nSPS) is 21.5. The zero-order chi connectivity index (χ0) is 14.7. The summed E-state index contributed by atoms with van der Waals surface area (Å²) in [5, 5.41) is 14.3. The van der Waals surface area contributed by atoms with E-state index in [0.717, 1.165) is 6.42 Å². The zero-order valence-electron chi connectivity index (χ0n) is 11.1. The SMILES string of the molecule is Cc1cc(F)ccc1NC(=O)NC1CCCC1C(=O)O. The number of amides is 2. The molecule has 5 nitrogen and oxygen atoms in total. The summed E-state index contributed by atoms with van der Waals surface area (Å²) in [4.78, 5) is 22.9. The highest BCUT2D eigenvalue weighted by Crippen LogP contribution is 2.26. The van der Waals surface area contributed by atoms with E-state index in [-0.39, 0.29) is 11.9 Å². The quantitative estimate of drug-likeness (QED) is 0.796. The van der Waals surface area contributed by atoms with Gasteiger partial charge in [0.15, 0.2) is 0 Å². The molecule has 2 rings (SSSR count). The number of benzene rings is 1. The number of carboxylic acid groups (broad SMARTS) is 1. The number of carbonyl (C=O) groups is 2. The van der Waals surface area contributed by atoms with Crippen LogP contribution in [0.1, 0.15) is 24.8 Å². The lowest BCUT2D eigenvalue weighted by atomic mass is 10.0. The number of halogens is 1. The average molecular weight is 280 g/mol. The molecule has 6 heteroatoms. The van der Waals surface area contributed by atoms with Crippen LogP contribution in [-0.4, -0.2) is 23.1 Å². The predicted octanol–water partition coefficient (Wildman–Crippen LogP) is 2.51. The van der Waals surface area contributed by atoms with Gasteiger partial charge < -0.3 is 15.7 Å². The first-order chi connectivity index (χ1) is 9.47. The second-order valence-electron chi connectivity index (χ2n) is 5.04. The lowest BCUT2D eigenvalue weighted by Gasteiger charge is -2.18. The average Bonchev–Trinajstić information content (AvgIpc) is 2.81. The number of rotatable bonds is 3. The molecule has 2 amide bonds. The van der Waals surface area contributed by atoms with Crippen LogP contribution < -0.4 is 10.6 Å². The summed E-state index contributed by atoms with van der Waals surface area (Å²) in [6.07, 6.45) is 2.03. The standard InChI is InChI=1S/C14H17FN2O3/c1-8-7-9(15)5-6-11(8)16-14(20)17-12-4-2-3-10(12)13(18)19/h5-7,10,12H,2-4H2,1H3,(H,18,19)(H2,16,17,20). The van der Waals surface area contributed by atoms with Crippen LogP contribution in [-0.2, 0) is 4.79 Å². The van der Waals surface area contributed by atoms with Crippen molar-refractivity contribution in [1.29, 1.82) is 0 Å². The second-order valence-corrected chi connectivity index (χ2v) is 5.04. The first kappa shape index (κ1) is 14.3. The smallest absolute Gasteiger partial charge is 0.319 e. The number of carbonyl (C=O) groups excluding carboxylic acids is 1. The van der Waals surface area contributed by atoms with Crippen molar-refractivity contribution < 1.29 is 19.1 Å². The fraction of sp³-hybridized carbons (Fsp3) is 0.429. The third-order valence-electron chi connectivity index (χ3n) is 3.59. The molecule has 1 aromatic carbocycles. The lowest BCUT2D eigenvalue weighted by Crippen LogP contribution is -2.42. The Bertz CT molecular complexity index is 533. The molecule has 0 bridgehead atoms. The summed E-state index contributed by atoms with van der Waals surface area (Å²) in [5.74, 6) is -1.78. The minimum absolute atomic E-state index is 0.353. The molecule has 108 valence electrons. The summed E-state index contributed by atoms with van der Waals surface area (Å²) >= 11 is 0. The Morgan fingerprint density at radius 3 is 2.75 bits per heavy atom. The Morgan fingerprint density at radius 2 is 2.10 bits per heavy atom. The van der Waals surface area contributed by atoms with Crippen LogP contribution in [0.25, 0.3) is 0 Å². The van der Waals surface area contributed by atoms with Gasteiger partial charge in [0.1, 0.15) is 5.82 Å². The molecular formula is C14H17FN2O3. The van der Waals surface area contributed by atoms with E-state index in [2.05, 4.69) is 10.6 Å². The van der Waals surface area contributed by atoms with Gasteiger partial charge in [-0.1, -0.05) is 6.42 Å². The number of urea groups is 1. The van der Waals surface area contributed by atoms with Crippen molar-refractivity contribution in [2.45, 2.75) is 32.2 Å². The van der Waals surface area contributed by atoms with Crippen molar-refractivity contribution in [2.75, 3.05) is 5.32 Å². The third kappa shape index (κ3) is 3.26. The van der Waals surface area contributed by atoms with E-state index in [1.165, 1.54) is 18.2 Å². The molecule has 1 saturated carbocycles. The van der Waals surface area contributed by atoms with Gasteiger partial charge in [-0.3, -0.25) is 4.79 Å². The molecule has 0 saturated heterocycles. The minimum atomic E-state index is -0.884. The van der Waals surface area contributed by atoms with E-state index in [4.69, 9.17) is 5.11 Å². The number of hydrogen-bond acceptors (Lipinski definition) is 2. The molecule has 1 aliphatic rings. The van der Waals surface area contributed by atoms with E-state index in [0.29, 0.717) is 24.1 Å². The monoisotopic (exact) mass is 280 g/mol. The Kier molecular flexibility index (Phi) is 4.22. The number of hydrogen-bond donors (Lipinski definition) is 3. The van der Waals surface area contributed by atoms with Gasteiger partial charge >= 0.3 is 12.0 Å². The molecule has 0 radical (unpaired) electrons. The summed E-state index contributed by atoms with van der Waals surface area (Å²) in [7, 11) is 0. The maximum Gasteiger partial charge on any atom is 0.319 e. The van der Waals surface area contributed by atoms with Crippen molar-refractivity contribution in [3.63, 3.8) is 0 Å². The number of carboxylic acids is 1. The van der Waals surface area contributed by atoms with Crippen LogP contribution >= 0.6 is 0 Å². The van der Waals surface area contributed by atoms with E-state index >= 15 is 0 Å². The Hall–Kier alpha value is -2.11. The topological polar surface area (TPSA) is 78.4 Å². The molecular weight excluding hydrogens is 263 g/mol. The van der Waals surface area contributed by atoms with Gasteiger partial charge in [-0.15, -0.1) is 0 Å². The van der Waals surface area contributed by atoms with Crippen LogP contribution in [0.5, 0.6) is 0 Å². The zero-order valence-corrected chi connectivity index (χ0v) is 11.1. The van der Waals surface area contributed by atoms with Gasteiger partial charge in [0, 0.05) is 11.7 Å². The van der Waals surface area contributed by atoms with Crippen LogP contribution in [0.4, 0.5) is 14.9 Å². The van der Waals surface area contributed by atoms with Gasteiger partial charge in [-0.2, -0.15) is 0 Å². The van der Waals surface area contributed by atoms with Crippen molar-refractivity contribution in [2.24, 2.45) is 5.92 Å². The highest BCUT2D eigenvalue weighted by Gasteiger charge is 2.33. The number of aliphatic carboxylic acids is 1. The molecule has 2 unspecified atom stereocenters. The number of anilines is 1. The fourth-order valence-electron chi connectivity index (χ4n) is 2.52. The second kappa shape index (κ2) is 5.90. The van der Waals surface area contributed by atoms with Gasteiger partial charge in [-0.05, 0) is 43.5 Å². The summed E-state index contributed by atoms with van der Waals surface area (Å²) in [6, 6.07) is 3.25. The van der Waals surface area contributed by atoms with Gasteiger partial charge in [0.25, 0.3) is 0 Å². The highest BCUT2D eigenvalue weighted by molar-refractivity contribution is 5.90. The number of nitrogens with one attached hydrogen (secondary N) is 2. The Labute approximate surface area is 116 Å². The van der Waals surface area contributed by atoms with E-state index in [1.54, 1.807) is 6.92 Å². The summed E-state index contributed by atoms with van der Waals surface area (Å²) < 4.78 is 13.0. The first-order valence-electron chi connectivity index (χ1n) is 6.54. The summed E-state index contributed by atoms with van der Waals surface area (Å²) in [5.41, 5.74) is 1.12. The molecule has 1 aliphatic carbocycles. The first-order valence-corrected chi connectivity index (χ1v) is 6.54. The van der Waals surface area contributed by atoms with Crippen LogP contribution in [0.2, 0.25) is 0 Å². The molecule has 2 atom stereocenters. The Morgan fingerprint density at radius 1 is 1.35 bits per heavy atom. The Balaban J connectivity index is 1.97. The molecule has 0 spiro atoms. The molecule has 1 fully saturated rings. The lowest BCUT2D eigenvalue weighted by molar-refractivity contribution is -0.142. The van der Waals surface area contributed by atoms with Gasteiger partial charge in [-0.25, -0.2) is 9.18 Å². The number of aryl methyl sites for hydroxylation is 1. The van der Waals surface area contributed by atoms with E-state index in [1.807, 2.05) is 0 Å². The van der Waals surface area contributed by atoms with Crippen molar-refractivity contribution >= 4 is 17.7 Å². The van der Waals surface area contributed by atoms with E-state index < -0.39 is 17.9 Å². The van der Waals surface area contributed by atoms with Crippen LogP contribution in [0.3, 0.4) is 0 Å². The van der Waals surface area contributed by atoms with Crippen LogP contribution in [0.15, 0.2) is 18.2 Å². The largest absolute Gasteiger partial charge is 0.481 e. The van der Waals surface area contributed by atoms with Crippen LogP contribution in [0, 0.1) is 18.7 Å². The van der Waals surface area contributed by atoms with Gasteiger partial charge in [0.05, 0.1) is 5.92 Å². The van der Waals surface area contributed by atoms with Crippen molar-refractivity contribution in [3.8, 4) is 0 Å². The molecule has 0 heterocycles. The minimum Gasteiger partial charge on any atom is -0.481 e. The molecule has 3 N–H and O–H groups in total. The van der Waals surface area contributed by atoms with Crippen molar-refractivity contribution in [3.05, 3.63) is 29.6 Å². The molecule has 20 heavy (non-hydrogen) atoms. The molecule has 1 aromatic rings. The summed E-state index contributed by atoms with van der Waals surface area (Å²) in [6.45, 7) is 1.69. The van der Waals surface area contributed by atoms with Crippen molar-refractivity contribution in [1.82, 2.24) is 5.32 Å².